The molecule has 2 radical (unpaired) electrons. The molecule has 0 aliphatic heterocycles. The van der Waals surface area contributed by atoms with Crippen LogP contribution in [0.25, 0.3) is 17.2 Å². The second-order valence-electron chi connectivity index (χ2n) is 3.81. The maximum atomic E-state index is 13.7. The number of rotatable bonds is 1. The van der Waals surface area contributed by atoms with Crippen LogP contribution >= 0.6 is 0 Å². The van der Waals surface area contributed by atoms with Gasteiger partial charge in [-0.3, -0.25) is 0 Å². The molecule has 0 aliphatic carbocycles. The zero-order chi connectivity index (χ0) is 12.7. The van der Waals surface area contributed by atoms with Crippen molar-refractivity contribution in [1.29, 1.82) is 0 Å². The molecule has 0 saturated heterocycles. The first-order valence-corrected chi connectivity index (χ1v) is 5.17. The van der Waals surface area contributed by atoms with Gasteiger partial charge in [-0.15, -0.1) is 5.10 Å². The summed E-state index contributed by atoms with van der Waals surface area (Å²) in [5.74, 6) is 0.131. The molecule has 2 aromatic heterocycles. The van der Waals surface area contributed by atoms with Gasteiger partial charge in [0.05, 0.1) is 5.56 Å². The van der Waals surface area contributed by atoms with E-state index in [4.69, 9.17) is 13.6 Å². The van der Waals surface area contributed by atoms with Crippen LogP contribution in [-0.2, 0) is 0 Å². The van der Waals surface area contributed by atoms with Crippen molar-refractivity contribution < 1.29 is 4.39 Å². The van der Waals surface area contributed by atoms with Gasteiger partial charge in [0.2, 0.25) is 0 Å². The lowest BCUT2D eigenvalue weighted by Crippen LogP contribution is -2.07. The highest BCUT2D eigenvalue weighted by atomic mass is 19.1. The minimum Gasteiger partial charge on any atom is -0.399 e. The zero-order valence-corrected chi connectivity index (χ0v) is 9.21. The van der Waals surface area contributed by atoms with E-state index >= 15 is 0 Å². The summed E-state index contributed by atoms with van der Waals surface area (Å²) in [6.07, 6.45) is 3.02. The van der Waals surface area contributed by atoms with Crippen LogP contribution in [-0.4, -0.2) is 27.4 Å². The van der Waals surface area contributed by atoms with Gasteiger partial charge < -0.3 is 5.73 Å². The molecule has 3 rings (SSSR count). The molecule has 0 saturated carbocycles. The first-order chi connectivity index (χ1) is 8.63. The van der Waals surface area contributed by atoms with Crippen molar-refractivity contribution in [2.45, 2.75) is 0 Å². The number of fused-ring (bicyclic) bond motifs is 1. The highest BCUT2D eigenvalue weighted by molar-refractivity contribution is 6.31. The maximum Gasteiger partial charge on any atom is 0.252 e. The fraction of sp³-hybridized carbons (Fsp3) is 0. The van der Waals surface area contributed by atoms with Gasteiger partial charge >= 0.3 is 0 Å². The summed E-state index contributed by atoms with van der Waals surface area (Å²) in [6, 6.07) is 4.23. The quantitative estimate of drug-likeness (QED) is 0.490. The Morgan fingerprint density at radius 2 is 2.17 bits per heavy atom. The normalized spacial score (nSPS) is 10.9. The summed E-state index contributed by atoms with van der Waals surface area (Å²) in [4.78, 5) is 8.11. The van der Waals surface area contributed by atoms with Gasteiger partial charge in [-0.25, -0.2) is 13.9 Å². The summed E-state index contributed by atoms with van der Waals surface area (Å²) in [5.41, 5.74) is 6.75. The predicted molar refractivity (Wildman–Crippen MR) is 66.0 cm³/mol. The Balaban J connectivity index is 2.22. The predicted octanol–water partition coefficient (Wildman–Crippen LogP) is 0.306. The molecule has 0 aliphatic rings. The fourth-order valence-corrected chi connectivity index (χ4v) is 1.62. The molecule has 0 unspecified atom stereocenters. The Kier molecular flexibility index (Phi) is 2.26. The van der Waals surface area contributed by atoms with Crippen LogP contribution in [0.4, 0.5) is 10.1 Å². The highest BCUT2D eigenvalue weighted by Gasteiger charge is 2.12. The van der Waals surface area contributed by atoms with Crippen LogP contribution in [0.2, 0.25) is 0 Å². The SMILES string of the molecule is [B]c1cnc2nc(-c3cc(N)ccc3F)nn2c1. The lowest BCUT2D eigenvalue weighted by atomic mass is 10.0. The topological polar surface area (TPSA) is 69.1 Å². The molecule has 0 spiro atoms. The van der Waals surface area contributed by atoms with Gasteiger partial charge in [-0.05, 0) is 18.2 Å². The van der Waals surface area contributed by atoms with Gasteiger partial charge in [0.25, 0.3) is 5.78 Å². The van der Waals surface area contributed by atoms with Crippen LogP contribution in [0.15, 0.2) is 30.6 Å². The number of hydrogen-bond acceptors (Lipinski definition) is 4. The second kappa shape index (κ2) is 3.80. The number of halogens is 1. The number of nitrogens with zero attached hydrogens (tertiary/aromatic N) is 4. The number of aromatic nitrogens is 4. The number of nitrogens with two attached hydrogens (primary N) is 1. The molecular weight excluding hydrogens is 232 g/mol. The third-order valence-electron chi connectivity index (χ3n) is 2.45. The second-order valence-corrected chi connectivity index (χ2v) is 3.81. The first kappa shape index (κ1) is 10.7. The monoisotopic (exact) mass is 239 g/mol. The van der Waals surface area contributed by atoms with Gasteiger partial charge in [-0.1, -0.05) is 5.46 Å². The molecule has 18 heavy (non-hydrogen) atoms. The number of nitrogen functional groups attached to an aromatic ring is 1. The molecule has 0 amide bonds. The molecule has 0 atom stereocenters. The Hall–Kier alpha value is -2.44. The van der Waals surface area contributed by atoms with E-state index in [1.54, 1.807) is 6.20 Å². The third-order valence-corrected chi connectivity index (χ3v) is 2.45. The average Bonchev–Trinajstić information content (AvgIpc) is 2.74. The molecule has 5 nitrogen and oxygen atoms in total. The summed E-state index contributed by atoms with van der Waals surface area (Å²) >= 11 is 0. The van der Waals surface area contributed by atoms with Crippen LogP contribution in [0.3, 0.4) is 0 Å². The first-order valence-electron chi connectivity index (χ1n) is 5.17. The Morgan fingerprint density at radius 3 is 3.00 bits per heavy atom. The summed E-state index contributed by atoms with van der Waals surface area (Å²) in [5, 5.41) is 4.11. The van der Waals surface area contributed by atoms with Gasteiger partial charge in [0.1, 0.15) is 13.7 Å². The standard InChI is InChI=1S/C11H7BFN5/c12-6-4-15-11-16-10(17-18(11)5-6)8-3-7(14)1-2-9(8)13/h1-5H,14H2. The van der Waals surface area contributed by atoms with Crippen molar-refractivity contribution in [3.63, 3.8) is 0 Å². The molecule has 0 fully saturated rings. The number of benzene rings is 1. The van der Waals surface area contributed by atoms with Crippen LogP contribution in [0.1, 0.15) is 0 Å². The van der Waals surface area contributed by atoms with Gasteiger partial charge in [-0.2, -0.15) is 4.98 Å². The van der Waals surface area contributed by atoms with E-state index in [9.17, 15) is 4.39 Å². The van der Waals surface area contributed by atoms with E-state index in [-0.39, 0.29) is 11.4 Å². The largest absolute Gasteiger partial charge is 0.399 e. The van der Waals surface area contributed by atoms with Crippen molar-refractivity contribution in [1.82, 2.24) is 19.6 Å². The molecule has 2 heterocycles. The van der Waals surface area contributed by atoms with E-state index in [2.05, 4.69) is 15.1 Å². The van der Waals surface area contributed by atoms with Crippen molar-refractivity contribution in [2.24, 2.45) is 0 Å². The highest BCUT2D eigenvalue weighted by Crippen LogP contribution is 2.21. The molecule has 2 N–H and O–H groups in total. The van der Waals surface area contributed by atoms with Crippen LogP contribution < -0.4 is 11.2 Å². The minimum atomic E-state index is -0.437. The molecule has 3 aromatic rings. The van der Waals surface area contributed by atoms with Crippen molar-refractivity contribution >= 4 is 24.8 Å². The zero-order valence-electron chi connectivity index (χ0n) is 9.21. The number of hydrogen-bond donors (Lipinski definition) is 1. The minimum absolute atomic E-state index is 0.220. The van der Waals surface area contributed by atoms with Crippen LogP contribution in [0, 0.1) is 5.82 Å². The van der Waals surface area contributed by atoms with E-state index < -0.39 is 5.82 Å². The van der Waals surface area contributed by atoms with E-state index in [0.29, 0.717) is 16.9 Å². The smallest absolute Gasteiger partial charge is 0.252 e. The van der Waals surface area contributed by atoms with E-state index in [0.717, 1.165) is 0 Å². The molecular formula is C11H7BFN5. The molecule has 0 bridgehead atoms. The van der Waals surface area contributed by atoms with Crippen molar-refractivity contribution in [2.75, 3.05) is 5.73 Å². The fourth-order valence-electron chi connectivity index (χ4n) is 1.62. The maximum absolute atomic E-state index is 13.7. The summed E-state index contributed by atoms with van der Waals surface area (Å²) < 4.78 is 15.1. The lowest BCUT2D eigenvalue weighted by molar-refractivity contribution is 0.630. The Morgan fingerprint density at radius 1 is 1.33 bits per heavy atom. The average molecular weight is 239 g/mol. The van der Waals surface area contributed by atoms with Crippen LogP contribution in [0.5, 0.6) is 0 Å². The van der Waals surface area contributed by atoms with Gasteiger partial charge in [0, 0.05) is 18.1 Å². The van der Waals surface area contributed by atoms with E-state index in [1.807, 2.05) is 0 Å². The molecule has 86 valence electrons. The molecule has 1 aromatic carbocycles. The van der Waals surface area contributed by atoms with Crippen molar-refractivity contribution in [3.8, 4) is 11.4 Å². The Bertz CT molecular complexity index is 739. The summed E-state index contributed by atoms with van der Waals surface area (Å²) in [6.45, 7) is 0. The summed E-state index contributed by atoms with van der Waals surface area (Å²) in [7, 11) is 5.58. The molecule has 7 heteroatoms. The van der Waals surface area contributed by atoms with E-state index in [1.165, 1.54) is 28.9 Å². The third kappa shape index (κ3) is 1.69. The lowest BCUT2D eigenvalue weighted by Gasteiger charge is -1.98. The Labute approximate surface area is 103 Å². The van der Waals surface area contributed by atoms with Crippen molar-refractivity contribution in [3.05, 3.63) is 36.4 Å². The van der Waals surface area contributed by atoms with Gasteiger partial charge in [0.15, 0.2) is 5.82 Å². The number of anilines is 1.